The molecule has 0 aliphatic heterocycles. The van der Waals surface area contributed by atoms with E-state index in [-0.39, 0.29) is 4.90 Å². The second-order valence-electron chi connectivity index (χ2n) is 4.61. The predicted octanol–water partition coefficient (Wildman–Crippen LogP) is 3.45. The summed E-state index contributed by atoms with van der Waals surface area (Å²) >= 11 is 3.30. The van der Waals surface area contributed by atoms with Crippen molar-refractivity contribution in [1.82, 2.24) is 0 Å². The van der Waals surface area contributed by atoms with Crippen LogP contribution in [-0.4, -0.2) is 8.42 Å². The van der Waals surface area contributed by atoms with Gasteiger partial charge in [-0.1, -0.05) is 12.1 Å². The van der Waals surface area contributed by atoms with Gasteiger partial charge in [0.15, 0.2) is 0 Å². The minimum absolute atomic E-state index is 0.279. The van der Waals surface area contributed by atoms with Crippen LogP contribution in [-0.2, 0) is 10.0 Å². The van der Waals surface area contributed by atoms with Gasteiger partial charge in [-0.25, -0.2) is 8.42 Å². The molecule has 0 radical (unpaired) electrons. The van der Waals surface area contributed by atoms with Gasteiger partial charge in [0, 0.05) is 10.2 Å². The summed E-state index contributed by atoms with van der Waals surface area (Å²) in [4.78, 5) is 0.279. The average molecular weight is 355 g/mol. The lowest BCUT2D eigenvalue weighted by Crippen LogP contribution is -2.14. The van der Waals surface area contributed by atoms with Crippen LogP contribution >= 0.6 is 15.9 Å². The number of benzene rings is 2. The predicted molar refractivity (Wildman–Crippen MR) is 85.3 cm³/mol. The third-order valence-electron chi connectivity index (χ3n) is 2.87. The van der Waals surface area contributed by atoms with Crippen LogP contribution in [0.2, 0.25) is 0 Å². The summed E-state index contributed by atoms with van der Waals surface area (Å²) in [5.41, 5.74) is 8.26. The first-order valence-corrected chi connectivity index (χ1v) is 8.22. The number of anilines is 2. The second-order valence-corrected chi connectivity index (χ2v) is 7.12. The van der Waals surface area contributed by atoms with Crippen LogP contribution in [0.5, 0.6) is 0 Å². The van der Waals surface area contributed by atoms with E-state index < -0.39 is 10.0 Å². The molecule has 4 nitrogen and oxygen atoms in total. The number of nitrogens with one attached hydrogen (secondary N) is 1. The molecular formula is C14H15BrN2O2S. The summed E-state index contributed by atoms with van der Waals surface area (Å²) in [7, 11) is -3.62. The number of hydrogen-bond donors (Lipinski definition) is 2. The highest BCUT2D eigenvalue weighted by atomic mass is 79.9. The summed E-state index contributed by atoms with van der Waals surface area (Å²) in [5, 5.41) is 0. The maximum atomic E-state index is 12.4. The summed E-state index contributed by atoms with van der Waals surface area (Å²) in [6, 6.07) is 10.3. The molecule has 20 heavy (non-hydrogen) atoms. The van der Waals surface area contributed by atoms with Gasteiger partial charge >= 0.3 is 0 Å². The second kappa shape index (κ2) is 5.46. The Hall–Kier alpha value is -1.53. The lowest BCUT2D eigenvalue weighted by molar-refractivity contribution is 0.600. The molecule has 2 rings (SSSR count). The van der Waals surface area contributed by atoms with Gasteiger partial charge in [0.1, 0.15) is 0 Å². The Morgan fingerprint density at radius 2 is 1.80 bits per heavy atom. The van der Waals surface area contributed by atoms with Crippen LogP contribution in [0.4, 0.5) is 11.4 Å². The Morgan fingerprint density at radius 3 is 2.45 bits per heavy atom. The highest BCUT2D eigenvalue weighted by molar-refractivity contribution is 9.10. The molecule has 0 aliphatic rings. The summed E-state index contributed by atoms with van der Waals surface area (Å²) < 4.78 is 28.1. The Morgan fingerprint density at radius 1 is 1.10 bits per heavy atom. The minimum Gasteiger partial charge on any atom is -0.399 e. The maximum Gasteiger partial charge on any atom is 0.262 e. The standard InChI is InChI=1S/C14H15BrN2O2S/c1-9-3-4-10(2)14(7-9)20(18,19)17-13-6-5-11(16)8-12(13)15/h3-8,17H,16H2,1-2H3. The molecule has 0 spiro atoms. The van der Waals surface area contributed by atoms with Crippen molar-refractivity contribution >= 4 is 37.3 Å². The number of halogens is 1. The number of aryl methyl sites for hydroxylation is 2. The number of nitrogens with two attached hydrogens (primary N) is 1. The summed E-state index contributed by atoms with van der Waals surface area (Å²) in [5.74, 6) is 0. The van der Waals surface area contributed by atoms with Crippen LogP contribution in [0.15, 0.2) is 45.8 Å². The van der Waals surface area contributed by atoms with E-state index in [1.165, 1.54) is 0 Å². The minimum atomic E-state index is -3.62. The Balaban J connectivity index is 2.43. The van der Waals surface area contributed by atoms with E-state index in [1.807, 2.05) is 13.0 Å². The van der Waals surface area contributed by atoms with Gasteiger partial charge in [0.2, 0.25) is 0 Å². The SMILES string of the molecule is Cc1ccc(C)c(S(=O)(=O)Nc2ccc(N)cc2Br)c1. The smallest absolute Gasteiger partial charge is 0.262 e. The normalized spacial score (nSPS) is 11.3. The molecule has 0 atom stereocenters. The van der Waals surface area contributed by atoms with Crippen molar-refractivity contribution in [2.75, 3.05) is 10.5 Å². The molecule has 3 N–H and O–H groups in total. The van der Waals surface area contributed by atoms with Crippen molar-refractivity contribution in [2.45, 2.75) is 18.7 Å². The van der Waals surface area contributed by atoms with Crippen molar-refractivity contribution in [3.05, 3.63) is 52.0 Å². The van der Waals surface area contributed by atoms with Gasteiger partial charge in [-0.05, 0) is 65.2 Å². The molecule has 0 aromatic heterocycles. The first-order chi connectivity index (χ1) is 9.29. The fourth-order valence-corrected chi connectivity index (χ4v) is 3.85. The summed E-state index contributed by atoms with van der Waals surface area (Å²) in [6.45, 7) is 3.63. The molecule has 0 amide bonds. The largest absolute Gasteiger partial charge is 0.399 e. The van der Waals surface area contributed by atoms with Crippen molar-refractivity contribution in [3.63, 3.8) is 0 Å². The molecule has 6 heteroatoms. The van der Waals surface area contributed by atoms with Gasteiger partial charge in [-0.2, -0.15) is 0 Å². The molecule has 0 aliphatic carbocycles. The fourth-order valence-electron chi connectivity index (χ4n) is 1.81. The average Bonchev–Trinajstić information content (AvgIpc) is 2.35. The Bertz CT molecular complexity index is 758. The lowest BCUT2D eigenvalue weighted by Gasteiger charge is -2.12. The van der Waals surface area contributed by atoms with E-state index in [9.17, 15) is 8.42 Å². The first-order valence-electron chi connectivity index (χ1n) is 5.95. The van der Waals surface area contributed by atoms with E-state index in [0.29, 0.717) is 21.4 Å². The molecular weight excluding hydrogens is 340 g/mol. The zero-order chi connectivity index (χ0) is 14.9. The van der Waals surface area contributed by atoms with Crippen molar-refractivity contribution in [2.24, 2.45) is 0 Å². The van der Waals surface area contributed by atoms with Gasteiger partial charge in [-0.3, -0.25) is 4.72 Å². The van der Waals surface area contributed by atoms with Crippen molar-refractivity contribution in [1.29, 1.82) is 0 Å². The highest BCUT2D eigenvalue weighted by Gasteiger charge is 2.18. The number of nitrogen functional groups attached to an aromatic ring is 1. The van der Waals surface area contributed by atoms with Gasteiger partial charge in [0.25, 0.3) is 10.0 Å². The molecule has 106 valence electrons. The molecule has 0 unspecified atom stereocenters. The monoisotopic (exact) mass is 354 g/mol. The Labute approximate surface area is 127 Å². The number of hydrogen-bond acceptors (Lipinski definition) is 3. The van der Waals surface area contributed by atoms with Crippen LogP contribution in [0, 0.1) is 13.8 Å². The van der Waals surface area contributed by atoms with Crippen LogP contribution in [0.3, 0.4) is 0 Å². The van der Waals surface area contributed by atoms with Gasteiger partial charge < -0.3 is 5.73 Å². The zero-order valence-corrected chi connectivity index (χ0v) is 13.5. The summed E-state index contributed by atoms with van der Waals surface area (Å²) in [6.07, 6.45) is 0. The molecule has 0 bridgehead atoms. The van der Waals surface area contributed by atoms with Crippen LogP contribution < -0.4 is 10.5 Å². The Kier molecular flexibility index (Phi) is 4.06. The molecule has 0 heterocycles. The lowest BCUT2D eigenvalue weighted by atomic mass is 10.2. The van der Waals surface area contributed by atoms with Crippen LogP contribution in [0.25, 0.3) is 0 Å². The molecule has 0 saturated carbocycles. The van der Waals surface area contributed by atoms with E-state index in [4.69, 9.17) is 5.73 Å². The van der Waals surface area contributed by atoms with Gasteiger partial charge in [-0.15, -0.1) is 0 Å². The number of rotatable bonds is 3. The fraction of sp³-hybridized carbons (Fsp3) is 0.143. The van der Waals surface area contributed by atoms with Crippen LogP contribution in [0.1, 0.15) is 11.1 Å². The molecule has 2 aromatic rings. The van der Waals surface area contributed by atoms with Gasteiger partial charge in [0.05, 0.1) is 10.6 Å². The van der Waals surface area contributed by atoms with E-state index in [2.05, 4.69) is 20.7 Å². The molecule has 2 aromatic carbocycles. The highest BCUT2D eigenvalue weighted by Crippen LogP contribution is 2.28. The van der Waals surface area contributed by atoms with Crippen molar-refractivity contribution in [3.8, 4) is 0 Å². The number of sulfonamides is 1. The molecule has 0 fully saturated rings. The zero-order valence-electron chi connectivity index (χ0n) is 11.1. The van der Waals surface area contributed by atoms with E-state index >= 15 is 0 Å². The maximum absolute atomic E-state index is 12.4. The topological polar surface area (TPSA) is 72.2 Å². The van der Waals surface area contributed by atoms with E-state index in [0.717, 1.165) is 5.56 Å². The third-order valence-corrected chi connectivity index (χ3v) is 5.03. The quantitative estimate of drug-likeness (QED) is 0.829. The first kappa shape index (κ1) is 14.9. The van der Waals surface area contributed by atoms with E-state index in [1.54, 1.807) is 37.3 Å². The molecule has 0 saturated heterocycles. The van der Waals surface area contributed by atoms with Crippen molar-refractivity contribution < 1.29 is 8.42 Å². The third kappa shape index (κ3) is 3.13.